The van der Waals surface area contributed by atoms with Gasteiger partial charge in [-0.15, -0.1) is 23.1 Å². The molecule has 2 aromatic rings. The Morgan fingerprint density at radius 1 is 1.57 bits per heavy atom. The number of hydrogen-bond acceptors (Lipinski definition) is 4. The van der Waals surface area contributed by atoms with E-state index in [2.05, 4.69) is 0 Å². The maximum atomic E-state index is 9.82. The molecule has 0 saturated carbocycles. The molecule has 0 bridgehead atoms. The fraction of sp³-hybridized carbons (Fsp3) is 0.100. The summed E-state index contributed by atoms with van der Waals surface area (Å²) in [7, 11) is 0. The highest BCUT2D eigenvalue weighted by Crippen LogP contribution is 2.38. The highest BCUT2D eigenvalue weighted by molar-refractivity contribution is 7.98. The smallest absolute Gasteiger partial charge is 0.152 e. The Hall–Kier alpha value is -1.18. The molecule has 0 atom stereocenters. The molecule has 14 heavy (non-hydrogen) atoms. The lowest BCUT2D eigenvalue weighted by Crippen LogP contribution is -1.81. The normalized spacial score (nSPS) is 10.3. The summed E-state index contributed by atoms with van der Waals surface area (Å²) in [6.07, 6.45) is 1.90. The lowest BCUT2D eigenvalue weighted by molar-refractivity contribution is 0.479. The minimum atomic E-state index is 0.115. The largest absolute Gasteiger partial charge is 0.505 e. The molecular formula is C10H7NOS2. The van der Waals surface area contributed by atoms with Crippen LogP contribution in [0.3, 0.4) is 0 Å². The monoisotopic (exact) mass is 221 g/mol. The lowest BCUT2D eigenvalue weighted by atomic mass is 10.1. The summed E-state index contributed by atoms with van der Waals surface area (Å²) in [6, 6.07) is 5.92. The molecule has 0 saturated heterocycles. The van der Waals surface area contributed by atoms with Gasteiger partial charge in [0.15, 0.2) is 5.75 Å². The zero-order valence-electron chi connectivity index (χ0n) is 7.44. The standard InChI is InChI=1S/C10H7NOS2/c1-13-8-4-6-2-3-14-10(6)9(12)7(8)5-11/h2-4,12H,1H3. The van der Waals surface area contributed by atoms with E-state index in [1.165, 1.54) is 23.1 Å². The predicted octanol–water partition coefficient (Wildman–Crippen LogP) is 3.20. The first-order valence-electron chi connectivity index (χ1n) is 3.95. The van der Waals surface area contributed by atoms with Crippen LogP contribution < -0.4 is 0 Å². The van der Waals surface area contributed by atoms with Crippen molar-refractivity contribution < 1.29 is 5.11 Å². The van der Waals surface area contributed by atoms with Crippen LogP contribution in [0.5, 0.6) is 5.75 Å². The molecule has 0 aliphatic rings. The van der Waals surface area contributed by atoms with Gasteiger partial charge in [-0.25, -0.2) is 0 Å². The number of nitrogens with zero attached hydrogens (tertiary/aromatic N) is 1. The van der Waals surface area contributed by atoms with E-state index >= 15 is 0 Å². The molecule has 0 spiro atoms. The fourth-order valence-corrected chi connectivity index (χ4v) is 2.76. The van der Waals surface area contributed by atoms with Gasteiger partial charge in [0.25, 0.3) is 0 Å². The number of aromatic hydroxyl groups is 1. The van der Waals surface area contributed by atoms with E-state index in [9.17, 15) is 5.11 Å². The van der Waals surface area contributed by atoms with E-state index in [0.717, 1.165) is 15.0 Å². The average Bonchev–Trinajstić information content (AvgIpc) is 2.65. The number of hydrogen-bond donors (Lipinski definition) is 1. The second-order valence-corrected chi connectivity index (χ2v) is 4.52. The molecule has 1 aromatic heterocycles. The fourth-order valence-electron chi connectivity index (χ4n) is 1.34. The van der Waals surface area contributed by atoms with Crippen molar-refractivity contribution in [2.24, 2.45) is 0 Å². The Kier molecular flexibility index (Phi) is 2.36. The maximum Gasteiger partial charge on any atom is 0.152 e. The van der Waals surface area contributed by atoms with E-state index in [1.807, 2.05) is 29.8 Å². The van der Waals surface area contributed by atoms with Crippen molar-refractivity contribution in [1.82, 2.24) is 0 Å². The van der Waals surface area contributed by atoms with Crippen LogP contribution in [0.4, 0.5) is 0 Å². The van der Waals surface area contributed by atoms with Gasteiger partial charge in [-0.05, 0) is 29.2 Å². The van der Waals surface area contributed by atoms with Crippen molar-refractivity contribution in [3.63, 3.8) is 0 Å². The molecule has 0 unspecified atom stereocenters. The minimum absolute atomic E-state index is 0.115. The van der Waals surface area contributed by atoms with Crippen LogP contribution in [0.25, 0.3) is 10.1 Å². The predicted molar refractivity (Wildman–Crippen MR) is 60.0 cm³/mol. The molecule has 0 aliphatic carbocycles. The number of fused-ring (bicyclic) bond motifs is 1. The SMILES string of the molecule is CSc1cc2ccsc2c(O)c1C#N. The van der Waals surface area contributed by atoms with Crippen molar-refractivity contribution in [2.75, 3.05) is 6.26 Å². The summed E-state index contributed by atoms with van der Waals surface area (Å²) in [5.74, 6) is 0.115. The Morgan fingerprint density at radius 3 is 3.00 bits per heavy atom. The van der Waals surface area contributed by atoms with E-state index in [0.29, 0.717) is 5.56 Å². The molecule has 70 valence electrons. The molecule has 0 fully saturated rings. The van der Waals surface area contributed by atoms with Gasteiger partial charge in [0.1, 0.15) is 11.6 Å². The Balaban J connectivity index is 2.88. The topological polar surface area (TPSA) is 44.0 Å². The van der Waals surface area contributed by atoms with Gasteiger partial charge in [-0.2, -0.15) is 5.26 Å². The number of thiophene rings is 1. The number of nitriles is 1. The third-order valence-corrected chi connectivity index (χ3v) is 3.71. The zero-order valence-corrected chi connectivity index (χ0v) is 9.08. The van der Waals surface area contributed by atoms with Crippen molar-refractivity contribution in [1.29, 1.82) is 5.26 Å². The second-order valence-electron chi connectivity index (χ2n) is 2.75. The van der Waals surface area contributed by atoms with E-state index < -0.39 is 0 Å². The number of benzene rings is 1. The quantitative estimate of drug-likeness (QED) is 0.752. The highest BCUT2D eigenvalue weighted by Gasteiger charge is 2.12. The zero-order chi connectivity index (χ0) is 10.1. The van der Waals surface area contributed by atoms with E-state index in [-0.39, 0.29) is 5.75 Å². The minimum Gasteiger partial charge on any atom is -0.505 e. The summed E-state index contributed by atoms with van der Waals surface area (Å²) < 4.78 is 0.791. The van der Waals surface area contributed by atoms with Crippen molar-refractivity contribution in [3.8, 4) is 11.8 Å². The van der Waals surface area contributed by atoms with Crippen LogP contribution in [-0.2, 0) is 0 Å². The van der Waals surface area contributed by atoms with Crippen LogP contribution in [0, 0.1) is 11.3 Å². The third kappa shape index (κ3) is 1.26. The van der Waals surface area contributed by atoms with Gasteiger partial charge in [-0.1, -0.05) is 0 Å². The first-order chi connectivity index (χ1) is 6.77. The molecule has 2 rings (SSSR count). The van der Waals surface area contributed by atoms with Crippen molar-refractivity contribution in [3.05, 3.63) is 23.1 Å². The number of thioether (sulfide) groups is 1. The van der Waals surface area contributed by atoms with Crippen LogP contribution in [-0.4, -0.2) is 11.4 Å². The van der Waals surface area contributed by atoms with Crippen LogP contribution in [0.1, 0.15) is 5.56 Å². The molecule has 1 N–H and O–H groups in total. The first-order valence-corrected chi connectivity index (χ1v) is 6.05. The van der Waals surface area contributed by atoms with Gasteiger partial charge >= 0.3 is 0 Å². The van der Waals surface area contributed by atoms with Gasteiger partial charge in [-0.3, -0.25) is 0 Å². The van der Waals surface area contributed by atoms with Crippen LogP contribution in [0.15, 0.2) is 22.4 Å². The van der Waals surface area contributed by atoms with Gasteiger partial charge in [0.05, 0.1) is 4.70 Å². The molecule has 0 aliphatic heterocycles. The van der Waals surface area contributed by atoms with Crippen molar-refractivity contribution >= 4 is 33.2 Å². The van der Waals surface area contributed by atoms with Crippen molar-refractivity contribution in [2.45, 2.75) is 4.90 Å². The molecule has 0 radical (unpaired) electrons. The van der Waals surface area contributed by atoms with Gasteiger partial charge in [0, 0.05) is 4.90 Å². The lowest BCUT2D eigenvalue weighted by Gasteiger charge is -2.03. The first kappa shape index (κ1) is 9.38. The third-order valence-electron chi connectivity index (χ3n) is 2.01. The molecule has 2 nitrogen and oxygen atoms in total. The summed E-state index contributed by atoms with van der Waals surface area (Å²) in [6.45, 7) is 0. The molecular weight excluding hydrogens is 214 g/mol. The van der Waals surface area contributed by atoms with Gasteiger partial charge in [0.2, 0.25) is 0 Å². The summed E-state index contributed by atoms with van der Waals surface area (Å²) >= 11 is 2.93. The number of phenolic OH excluding ortho intramolecular Hbond substituents is 1. The number of phenols is 1. The molecule has 0 amide bonds. The van der Waals surface area contributed by atoms with Crippen LogP contribution in [0.2, 0.25) is 0 Å². The highest BCUT2D eigenvalue weighted by atomic mass is 32.2. The average molecular weight is 221 g/mol. The van der Waals surface area contributed by atoms with E-state index in [1.54, 1.807) is 0 Å². The Morgan fingerprint density at radius 2 is 2.36 bits per heavy atom. The van der Waals surface area contributed by atoms with E-state index in [4.69, 9.17) is 5.26 Å². The maximum absolute atomic E-state index is 9.82. The summed E-state index contributed by atoms with van der Waals surface area (Å²) in [5, 5.41) is 21.6. The molecule has 1 aromatic carbocycles. The van der Waals surface area contributed by atoms with Gasteiger partial charge < -0.3 is 5.11 Å². The second kappa shape index (κ2) is 3.52. The van der Waals surface area contributed by atoms with Crippen LogP contribution >= 0.6 is 23.1 Å². The molecule has 1 heterocycles. The Labute approximate surface area is 89.8 Å². The molecule has 4 heteroatoms. The Bertz CT molecular complexity index is 525. The number of rotatable bonds is 1. The summed E-state index contributed by atoms with van der Waals surface area (Å²) in [4.78, 5) is 0.830. The summed E-state index contributed by atoms with van der Waals surface area (Å²) in [5.41, 5.74) is 0.382.